The van der Waals surface area contributed by atoms with Gasteiger partial charge in [-0.1, -0.05) is 48.5 Å². The van der Waals surface area contributed by atoms with Gasteiger partial charge < -0.3 is 16.4 Å². The zero-order valence-electron chi connectivity index (χ0n) is 16.2. The molecular formula is C22H28N4O2. The van der Waals surface area contributed by atoms with E-state index in [9.17, 15) is 9.59 Å². The lowest BCUT2D eigenvalue weighted by Gasteiger charge is -2.34. The van der Waals surface area contributed by atoms with E-state index >= 15 is 0 Å². The second kappa shape index (κ2) is 8.99. The number of carbonyl (C=O) groups excluding carboxylic acids is 2. The summed E-state index contributed by atoms with van der Waals surface area (Å²) < 4.78 is 0. The molecule has 6 nitrogen and oxygen atoms in total. The van der Waals surface area contributed by atoms with Crippen molar-refractivity contribution < 1.29 is 9.59 Å². The highest BCUT2D eigenvalue weighted by Crippen LogP contribution is 2.19. The molecule has 0 saturated carbocycles. The summed E-state index contributed by atoms with van der Waals surface area (Å²) in [6, 6.07) is 18.9. The summed E-state index contributed by atoms with van der Waals surface area (Å²) in [5.74, 6) is -0.189. The Hall–Kier alpha value is -2.70. The molecule has 0 bridgehead atoms. The number of rotatable bonds is 6. The summed E-state index contributed by atoms with van der Waals surface area (Å²) in [6.07, 6.45) is 1.60. The Morgan fingerprint density at radius 1 is 1.04 bits per heavy atom. The number of carbonyl (C=O) groups is 2. The molecule has 2 amide bonds. The van der Waals surface area contributed by atoms with Gasteiger partial charge >= 0.3 is 0 Å². The molecule has 0 spiro atoms. The normalized spacial score (nSPS) is 17.5. The molecule has 0 aromatic heterocycles. The fraction of sp³-hybridized carbons (Fsp3) is 0.364. The van der Waals surface area contributed by atoms with Gasteiger partial charge in [0.25, 0.3) is 0 Å². The van der Waals surface area contributed by atoms with Crippen molar-refractivity contribution in [3.8, 4) is 0 Å². The van der Waals surface area contributed by atoms with Crippen LogP contribution in [0.2, 0.25) is 0 Å². The molecule has 4 N–H and O–H groups in total. The standard InChI is InChI=1S/C22H28N4O2/c1-22(23,17-8-4-2-5-9-17)21(28)25-19-12-14-26(15-13-19)16-20(27)24-18-10-6-3-7-11-18/h2-11,19H,12-16,23H2,1H3,(H,24,27)(H,25,28). The summed E-state index contributed by atoms with van der Waals surface area (Å²) in [6.45, 7) is 3.62. The third-order valence-electron chi connectivity index (χ3n) is 5.19. The number of nitrogens with zero attached hydrogens (tertiary/aromatic N) is 1. The maximum Gasteiger partial charge on any atom is 0.244 e. The molecule has 3 rings (SSSR count). The highest BCUT2D eigenvalue weighted by atomic mass is 16.2. The Balaban J connectivity index is 1.45. The predicted molar refractivity (Wildman–Crippen MR) is 111 cm³/mol. The van der Waals surface area contributed by atoms with Crippen LogP contribution in [-0.4, -0.2) is 42.4 Å². The van der Waals surface area contributed by atoms with Crippen LogP contribution in [0.3, 0.4) is 0 Å². The van der Waals surface area contributed by atoms with Crippen molar-refractivity contribution in [1.29, 1.82) is 0 Å². The van der Waals surface area contributed by atoms with Crippen LogP contribution < -0.4 is 16.4 Å². The van der Waals surface area contributed by atoms with Crippen LogP contribution in [0.1, 0.15) is 25.3 Å². The van der Waals surface area contributed by atoms with Crippen molar-refractivity contribution in [2.45, 2.75) is 31.3 Å². The van der Waals surface area contributed by atoms with Gasteiger partial charge in [0.15, 0.2) is 0 Å². The Kier molecular flexibility index (Phi) is 6.44. The molecule has 1 fully saturated rings. The number of hydrogen-bond acceptors (Lipinski definition) is 4. The van der Waals surface area contributed by atoms with Crippen molar-refractivity contribution in [2.24, 2.45) is 5.73 Å². The number of amides is 2. The molecule has 1 unspecified atom stereocenters. The van der Waals surface area contributed by atoms with E-state index in [0.29, 0.717) is 6.54 Å². The van der Waals surface area contributed by atoms with Crippen LogP contribution in [0.25, 0.3) is 0 Å². The van der Waals surface area contributed by atoms with E-state index in [1.807, 2.05) is 60.7 Å². The van der Waals surface area contributed by atoms with E-state index < -0.39 is 5.54 Å². The molecule has 148 valence electrons. The van der Waals surface area contributed by atoms with Crippen molar-refractivity contribution in [2.75, 3.05) is 25.0 Å². The number of nitrogens with one attached hydrogen (secondary N) is 2. The Morgan fingerprint density at radius 2 is 1.61 bits per heavy atom. The van der Waals surface area contributed by atoms with E-state index in [2.05, 4.69) is 15.5 Å². The summed E-state index contributed by atoms with van der Waals surface area (Å²) in [4.78, 5) is 27.0. The Labute approximate surface area is 166 Å². The minimum absolute atomic E-state index is 0.0210. The van der Waals surface area contributed by atoms with Crippen LogP contribution in [0.4, 0.5) is 5.69 Å². The maximum atomic E-state index is 12.7. The van der Waals surface area contributed by atoms with Crippen LogP contribution in [0.15, 0.2) is 60.7 Å². The van der Waals surface area contributed by atoms with Gasteiger partial charge in [0, 0.05) is 24.8 Å². The molecular weight excluding hydrogens is 352 g/mol. The maximum absolute atomic E-state index is 12.7. The number of nitrogens with two attached hydrogens (primary N) is 1. The molecule has 1 aliphatic heterocycles. The fourth-order valence-corrected chi connectivity index (χ4v) is 3.41. The van der Waals surface area contributed by atoms with Crippen LogP contribution in [0.5, 0.6) is 0 Å². The average Bonchev–Trinajstić information content (AvgIpc) is 2.71. The lowest BCUT2D eigenvalue weighted by atomic mass is 9.91. The van der Waals surface area contributed by atoms with Gasteiger partial charge in [-0.15, -0.1) is 0 Å². The van der Waals surface area contributed by atoms with E-state index in [0.717, 1.165) is 37.2 Å². The number of hydrogen-bond donors (Lipinski definition) is 3. The third-order valence-corrected chi connectivity index (χ3v) is 5.19. The van der Waals surface area contributed by atoms with Crippen LogP contribution in [-0.2, 0) is 15.1 Å². The molecule has 28 heavy (non-hydrogen) atoms. The highest BCUT2D eigenvalue weighted by Gasteiger charge is 2.32. The summed E-state index contributed by atoms with van der Waals surface area (Å²) in [5.41, 5.74) is 6.83. The topological polar surface area (TPSA) is 87.5 Å². The molecule has 2 aromatic carbocycles. The molecule has 0 aliphatic carbocycles. The van der Waals surface area contributed by atoms with Crippen molar-refractivity contribution in [1.82, 2.24) is 10.2 Å². The number of benzene rings is 2. The predicted octanol–water partition coefficient (Wildman–Crippen LogP) is 2.08. The van der Waals surface area contributed by atoms with Crippen molar-refractivity contribution in [3.63, 3.8) is 0 Å². The van der Waals surface area contributed by atoms with E-state index in [-0.39, 0.29) is 17.9 Å². The zero-order chi connectivity index (χ0) is 20.0. The van der Waals surface area contributed by atoms with E-state index in [1.54, 1.807) is 6.92 Å². The first-order valence-corrected chi connectivity index (χ1v) is 9.68. The number of likely N-dealkylation sites (tertiary alicyclic amines) is 1. The van der Waals surface area contributed by atoms with E-state index in [1.165, 1.54) is 0 Å². The molecule has 1 saturated heterocycles. The molecule has 6 heteroatoms. The lowest BCUT2D eigenvalue weighted by Crippen LogP contribution is -2.54. The first-order valence-electron chi connectivity index (χ1n) is 9.68. The second-order valence-electron chi connectivity index (χ2n) is 7.51. The molecule has 1 atom stereocenters. The van der Waals surface area contributed by atoms with Gasteiger partial charge in [-0.3, -0.25) is 14.5 Å². The first kappa shape index (κ1) is 20.0. The third kappa shape index (κ3) is 5.18. The van der Waals surface area contributed by atoms with Crippen LogP contribution in [0, 0.1) is 0 Å². The van der Waals surface area contributed by atoms with Gasteiger partial charge in [-0.25, -0.2) is 0 Å². The number of anilines is 1. The SMILES string of the molecule is CC(N)(C(=O)NC1CCN(CC(=O)Nc2ccccc2)CC1)c1ccccc1. The number of piperidine rings is 1. The highest BCUT2D eigenvalue weighted by molar-refractivity contribution is 5.92. The molecule has 1 heterocycles. The summed E-state index contributed by atoms with van der Waals surface area (Å²) in [7, 11) is 0. The molecule has 2 aromatic rings. The monoisotopic (exact) mass is 380 g/mol. The lowest BCUT2D eigenvalue weighted by molar-refractivity contribution is -0.127. The van der Waals surface area contributed by atoms with Gasteiger partial charge in [-0.2, -0.15) is 0 Å². The van der Waals surface area contributed by atoms with Gasteiger partial charge in [0.2, 0.25) is 11.8 Å². The number of para-hydroxylation sites is 1. The molecule has 0 radical (unpaired) electrons. The summed E-state index contributed by atoms with van der Waals surface area (Å²) in [5, 5.41) is 5.98. The first-order chi connectivity index (χ1) is 13.4. The van der Waals surface area contributed by atoms with Gasteiger partial charge in [-0.05, 0) is 37.5 Å². The smallest absolute Gasteiger partial charge is 0.244 e. The quantitative estimate of drug-likeness (QED) is 0.716. The minimum atomic E-state index is -1.06. The van der Waals surface area contributed by atoms with Crippen molar-refractivity contribution >= 4 is 17.5 Å². The average molecular weight is 380 g/mol. The van der Waals surface area contributed by atoms with Crippen LogP contribution >= 0.6 is 0 Å². The minimum Gasteiger partial charge on any atom is -0.351 e. The van der Waals surface area contributed by atoms with Gasteiger partial charge in [0.05, 0.1) is 6.54 Å². The zero-order valence-corrected chi connectivity index (χ0v) is 16.2. The second-order valence-corrected chi connectivity index (χ2v) is 7.51. The molecule has 1 aliphatic rings. The fourth-order valence-electron chi connectivity index (χ4n) is 3.41. The Bertz CT molecular complexity index is 785. The Morgan fingerprint density at radius 3 is 2.21 bits per heavy atom. The van der Waals surface area contributed by atoms with Crippen molar-refractivity contribution in [3.05, 3.63) is 66.2 Å². The van der Waals surface area contributed by atoms with E-state index in [4.69, 9.17) is 5.73 Å². The largest absolute Gasteiger partial charge is 0.351 e. The summed E-state index contributed by atoms with van der Waals surface area (Å²) >= 11 is 0. The van der Waals surface area contributed by atoms with Gasteiger partial charge in [0.1, 0.15) is 5.54 Å².